The highest BCUT2D eigenvalue weighted by Gasteiger charge is 2.29. The van der Waals surface area contributed by atoms with Crippen LogP contribution in [-0.2, 0) is 19.3 Å². The molecule has 1 aliphatic carbocycles. The van der Waals surface area contributed by atoms with Gasteiger partial charge < -0.3 is 9.47 Å². The first-order chi connectivity index (χ1) is 18.0. The number of halogens is 3. The Balaban J connectivity index is 1.25. The van der Waals surface area contributed by atoms with Crippen LogP contribution in [0.15, 0.2) is 42.5 Å². The molecule has 5 rings (SSSR count). The molecule has 0 amide bonds. The lowest BCUT2D eigenvalue weighted by Crippen LogP contribution is -2.13. The van der Waals surface area contributed by atoms with Crippen LogP contribution in [0.5, 0.6) is 17.2 Å². The van der Waals surface area contributed by atoms with Crippen LogP contribution < -0.4 is 9.47 Å². The molecular weight excluding hydrogens is 473 g/mol. The summed E-state index contributed by atoms with van der Waals surface area (Å²) in [6, 6.07) is 13.8. The third kappa shape index (κ3) is 5.37. The SMILES string of the molecule is CCCC1CCC(c2ccc(CCc3ccc4c(c3F)Oc3c(cc(OCC)c(F)c3F)C4)cc2)CC1. The number of benzene rings is 3. The molecule has 1 fully saturated rings. The van der Waals surface area contributed by atoms with Crippen molar-refractivity contribution < 1.29 is 22.6 Å². The summed E-state index contributed by atoms with van der Waals surface area (Å²) in [5.74, 6) is -1.64. The summed E-state index contributed by atoms with van der Waals surface area (Å²) < 4.78 is 55.3. The monoisotopic (exact) mass is 508 g/mol. The minimum atomic E-state index is -1.14. The highest BCUT2D eigenvalue weighted by Crippen LogP contribution is 2.43. The second-order valence-corrected chi connectivity index (χ2v) is 10.5. The predicted octanol–water partition coefficient (Wildman–Crippen LogP) is 9.06. The van der Waals surface area contributed by atoms with Gasteiger partial charge in [-0.05, 0) is 80.0 Å². The average molecular weight is 509 g/mol. The van der Waals surface area contributed by atoms with Gasteiger partial charge in [0.05, 0.1) is 6.61 Å². The topological polar surface area (TPSA) is 18.5 Å². The summed E-state index contributed by atoms with van der Waals surface area (Å²) in [6.07, 6.45) is 9.26. The zero-order chi connectivity index (χ0) is 25.9. The summed E-state index contributed by atoms with van der Waals surface area (Å²) in [4.78, 5) is 0. The van der Waals surface area contributed by atoms with E-state index in [1.165, 1.54) is 50.2 Å². The summed E-state index contributed by atoms with van der Waals surface area (Å²) in [5, 5.41) is 0. The van der Waals surface area contributed by atoms with E-state index in [9.17, 15) is 8.78 Å². The maximum atomic E-state index is 15.4. The van der Waals surface area contributed by atoms with Crippen LogP contribution in [0.1, 0.15) is 86.1 Å². The Kier molecular flexibility index (Phi) is 7.78. The van der Waals surface area contributed by atoms with Crippen LogP contribution in [0.2, 0.25) is 0 Å². The fourth-order valence-corrected chi connectivity index (χ4v) is 5.95. The van der Waals surface area contributed by atoms with E-state index in [4.69, 9.17) is 9.47 Å². The van der Waals surface area contributed by atoms with Crippen molar-refractivity contribution in [1.29, 1.82) is 0 Å². The standard InChI is InChI=1S/C32H35F3O2/c1-3-5-20-6-11-22(12-7-20)23-13-8-21(9-14-23)10-15-24-16-17-25-18-26-19-27(36-4-2)29(34)30(35)32(26)37-31(25)28(24)33/h8-9,13-14,16-17,19-20,22H,3-7,10-12,15,18H2,1-2H3. The predicted molar refractivity (Wildman–Crippen MR) is 140 cm³/mol. The van der Waals surface area contributed by atoms with Gasteiger partial charge in [0.2, 0.25) is 11.6 Å². The second kappa shape index (κ2) is 11.2. The molecule has 1 aliphatic heterocycles. The largest absolute Gasteiger partial charge is 0.491 e. The molecule has 3 aromatic rings. The molecule has 2 nitrogen and oxygen atoms in total. The summed E-state index contributed by atoms with van der Waals surface area (Å²) in [5.41, 5.74) is 4.13. The van der Waals surface area contributed by atoms with E-state index in [1.807, 2.05) is 6.07 Å². The van der Waals surface area contributed by atoms with E-state index in [-0.39, 0.29) is 30.3 Å². The smallest absolute Gasteiger partial charge is 0.205 e. The van der Waals surface area contributed by atoms with Crippen LogP contribution in [0, 0.1) is 23.4 Å². The first-order valence-electron chi connectivity index (χ1n) is 13.7. The lowest BCUT2D eigenvalue weighted by Gasteiger charge is -2.28. The normalized spacial score (nSPS) is 18.6. The van der Waals surface area contributed by atoms with Crippen LogP contribution in [0.4, 0.5) is 13.2 Å². The van der Waals surface area contributed by atoms with Crippen molar-refractivity contribution in [3.63, 3.8) is 0 Å². The minimum Gasteiger partial charge on any atom is -0.491 e. The molecule has 3 aromatic carbocycles. The van der Waals surface area contributed by atoms with Crippen LogP contribution in [0.3, 0.4) is 0 Å². The van der Waals surface area contributed by atoms with Crippen molar-refractivity contribution in [3.05, 3.63) is 87.7 Å². The molecule has 0 bridgehead atoms. The number of fused-ring (bicyclic) bond motifs is 2. The number of ether oxygens (including phenoxy) is 2. The number of rotatable bonds is 8. The van der Waals surface area contributed by atoms with Crippen LogP contribution in [0.25, 0.3) is 0 Å². The molecular formula is C32H35F3O2. The number of hydrogen-bond donors (Lipinski definition) is 0. The van der Waals surface area contributed by atoms with E-state index in [1.54, 1.807) is 13.0 Å². The first kappa shape index (κ1) is 25.7. The van der Waals surface area contributed by atoms with Crippen molar-refractivity contribution in [2.75, 3.05) is 6.61 Å². The van der Waals surface area contributed by atoms with Gasteiger partial charge in [0.15, 0.2) is 23.1 Å². The Labute approximate surface area is 217 Å². The van der Waals surface area contributed by atoms with Gasteiger partial charge in [-0.15, -0.1) is 0 Å². The second-order valence-electron chi connectivity index (χ2n) is 10.5. The molecule has 0 unspecified atom stereocenters. The van der Waals surface area contributed by atoms with E-state index in [0.29, 0.717) is 35.4 Å². The van der Waals surface area contributed by atoms with E-state index in [0.717, 1.165) is 11.5 Å². The maximum Gasteiger partial charge on any atom is 0.205 e. The van der Waals surface area contributed by atoms with Gasteiger partial charge in [0.25, 0.3) is 0 Å². The quantitative estimate of drug-likeness (QED) is 0.236. The van der Waals surface area contributed by atoms with Crippen molar-refractivity contribution in [1.82, 2.24) is 0 Å². The molecule has 0 radical (unpaired) electrons. The van der Waals surface area contributed by atoms with Gasteiger partial charge in [-0.3, -0.25) is 0 Å². The summed E-state index contributed by atoms with van der Waals surface area (Å²) in [6.45, 7) is 4.19. The number of aryl methyl sites for hydroxylation is 2. The van der Waals surface area contributed by atoms with Gasteiger partial charge in [0, 0.05) is 17.5 Å². The molecule has 0 spiro atoms. The summed E-state index contributed by atoms with van der Waals surface area (Å²) in [7, 11) is 0. The molecule has 196 valence electrons. The van der Waals surface area contributed by atoms with Crippen molar-refractivity contribution >= 4 is 0 Å². The summed E-state index contributed by atoms with van der Waals surface area (Å²) >= 11 is 0. The molecule has 2 aliphatic rings. The number of hydrogen-bond acceptors (Lipinski definition) is 2. The lowest BCUT2D eigenvalue weighted by molar-refractivity contribution is 0.306. The molecule has 5 heteroatoms. The molecule has 0 saturated heterocycles. The molecule has 0 N–H and O–H groups in total. The zero-order valence-corrected chi connectivity index (χ0v) is 21.7. The van der Waals surface area contributed by atoms with Gasteiger partial charge in [-0.1, -0.05) is 56.2 Å². The van der Waals surface area contributed by atoms with Gasteiger partial charge in [-0.25, -0.2) is 4.39 Å². The molecule has 0 atom stereocenters. The Bertz CT molecular complexity index is 1240. The Hall–Kier alpha value is -2.95. The van der Waals surface area contributed by atoms with Gasteiger partial charge in [0.1, 0.15) is 0 Å². The third-order valence-electron chi connectivity index (χ3n) is 8.03. The molecule has 1 heterocycles. The fourth-order valence-electron chi connectivity index (χ4n) is 5.95. The fraction of sp³-hybridized carbons (Fsp3) is 0.438. The van der Waals surface area contributed by atoms with Crippen molar-refractivity contribution in [2.24, 2.45) is 5.92 Å². The van der Waals surface area contributed by atoms with E-state index >= 15 is 4.39 Å². The molecule has 37 heavy (non-hydrogen) atoms. The zero-order valence-electron chi connectivity index (χ0n) is 21.7. The Morgan fingerprint density at radius 1 is 0.811 bits per heavy atom. The first-order valence-corrected chi connectivity index (χ1v) is 13.7. The average Bonchev–Trinajstić information content (AvgIpc) is 2.92. The highest BCUT2D eigenvalue weighted by atomic mass is 19.2. The van der Waals surface area contributed by atoms with E-state index < -0.39 is 17.5 Å². The molecule has 0 aromatic heterocycles. The van der Waals surface area contributed by atoms with Crippen LogP contribution in [-0.4, -0.2) is 6.61 Å². The lowest BCUT2D eigenvalue weighted by atomic mass is 9.77. The van der Waals surface area contributed by atoms with Crippen molar-refractivity contribution in [3.8, 4) is 17.2 Å². The maximum absolute atomic E-state index is 15.4. The van der Waals surface area contributed by atoms with Gasteiger partial charge in [-0.2, -0.15) is 8.78 Å². The van der Waals surface area contributed by atoms with Gasteiger partial charge >= 0.3 is 0 Å². The minimum absolute atomic E-state index is 0.0125. The van der Waals surface area contributed by atoms with Crippen LogP contribution >= 0.6 is 0 Å². The Morgan fingerprint density at radius 2 is 1.54 bits per heavy atom. The molecule has 1 saturated carbocycles. The Morgan fingerprint density at radius 3 is 2.24 bits per heavy atom. The van der Waals surface area contributed by atoms with Crippen molar-refractivity contribution in [2.45, 2.75) is 77.6 Å². The third-order valence-corrected chi connectivity index (χ3v) is 8.03. The van der Waals surface area contributed by atoms with E-state index in [2.05, 4.69) is 31.2 Å². The highest BCUT2D eigenvalue weighted by molar-refractivity contribution is 5.54.